The Bertz CT molecular complexity index is 433. The Morgan fingerprint density at radius 2 is 1.95 bits per heavy atom. The summed E-state index contributed by atoms with van der Waals surface area (Å²) in [6.45, 7) is 3.92. The van der Waals surface area contributed by atoms with Gasteiger partial charge in [0.15, 0.2) is 0 Å². The zero-order valence-corrected chi connectivity index (χ0v) is 11.8. The van der Waals surface area contributed by atoms with Crippen LogP contribution in [0, 0.1) is 5.92 Å². The van der Waals surface area contributed by atoms with Crippen molar-refractivity contribution in [3.8, 4) is 5.75 Å². The summed E-state index contributed by atoms with van der Waals surface area (Å²) in [6.07, 6.45) is 0.826. The highest BCUT2D eigenvalue weighted by Gasteiger charge is 2.24. The van der Waals surface area contributed by atoms with Crippen molar-refractivity contribution in [1.29, 1.82) is 0 Å². The van der Waals surface area contributed by atoms with Gasteiger partial charge in [-0.05, 0) is 18.1 Å². The lowest BCUT2D eigenvalue weighted by Gasteiger charge is -2.20. The third-order valence-corrected chi connectivity index (χ3v) is 3.14. The van der Waals surface area contributed by atoms with Gasteiger partial charge in [-0.3, -0.25) is 4.79 Å². The Kier molecular flexibility index (Phi) is 6.56. The number of carbonyl (C=O) groups is 2. The molecule has 0 saturated heterocycles. The molecular formula is C15H21NO4. The van der Waals surface area contributed by atoms with Gasteiger partial charge >= 0.3 is 5.97 Å². The van der Waals surface area contributed by atoms with Crippen molar-refractivity contribution in [2.45, 2.75) is 32.7 Å². The number of ether oxygens (including phenoxy) is 1. The van der Waals surface area contributed by atoms with Crippen LogP contribution in [0.2, 0.25) is 0 Å². The first-order chi connectivity index (χ1) is 9.54. The van der Waals surface area contributed by atoms with Crippen molar-refractivity contribution in [2.24, 2.45) is 5.92 Å². The average Bonchev–Trinajstić information content (AvgIpc) is 2.45. The molecule has 0 heterocycles. The number of rotatable bonds is 8. The number of benzene rings is 1. The fourth-order valence-corrected chi connectivity index (χ4v) is 1.71. The molecule has 2 unspecified atom stereocenters. The van der Waals surface area contributed by atoms with Gasteiger partial charge in [0.2, 0.25) is 5.91 Å². The molecule has 5 nitrogen and oxygen atoms in total. The molecule has 0 radical (unpaired) electrons. The van der Waals surface area contributed by atoms with E-state index in [-0.39, 0.29) is 24.9 Å². The highest BCUT2D eigenvalue weighted by atomic mass is 16.5. The number of amides is 1. The lowest BCUT2D eigenvalue weighted by Crippen LogP contribution is -2.45. The second-order valence-electron chi connectivity index (χ2n) is 4.68. The van der Waals surface area contributed by atoms with Crippen molar-refractivity contribution in [2.75, 3.05) is 6.61 Å². The number of carbonyl (C=O) groups excluding carboxylic acids is 1. The number of carboxylic acid groups (broad SMARTS) is 1. The van der Waals surface area contributed by atoms with Crippen LogP contribution in [0.1, 0.15) is 26.7 Å². The van der Waals surface area contributed by atoms with E-state index in [0.29, 0.717) is 12.2 Å². The Morgan fingerprint density at radius 1 is 1.30 bits per heavy atom. The van der Waals surface area contributed by atoms with E-state index in [1.807, 2.05) is 25.1 Å². The van der Waals surface area contributed by atoms with E-state index >= 15 is 0 Å². The molecule has 1 amide bonds. The molecule has 0 aliphatic rings. The molecule has 1 rings (SSSR count). The standard InChI is InChI=1S/C15H21NO4/c1-3-11(2)14(15(18)19)16-13(17)9-10-20-12-7-5-4-6-8-12/h4-8,11,14H,3,9-10H2,1-2H3,(H,16,17)(H,18,19). The zero-order chi connectivity index (χ0) is 15.0. The van der Waals surface area contributed by atoms with Crippen LogP contribution in [0.5, 0.6) is 5.75 Å². The van der Waals surface area contributed by atoms with Crippen molar-refractivity contribution < 1.29 is 19.4 Å². The number of para-hydroxylation sites is 1. The van der Waals surface area contributed by atoms with E-state index in [9.17, 15) is 9.59 Å². The van der Waals surface area contributed by atoms with Crippen LogP contribution in [0.25, 0.3) is 0 Å². The molecule has 0 saturated carbocycles. The summed E-state index contributed by atoms with van der Waals surface area (Å²) < 4.78 is 5.40. The molecule has 20 heavy (non-hydrogen) atoms. The molecule has 5 heteroatoms. The summed E-state index contributed by atoms with van der Waals surface area (Å²) in [6, 6.07) is 8.33. The van der Waals surface area contributed by atoms with E-state index in [1.165, 1.54) is 0 Å². The van der Waals surface area contributed by atoms with Gasteiger partial charge in [0.05, 0.1) is 13.0 Å². The molecule has 1 aromatic rings. The zero-order valence-electron chi connectivity index (χ0n) is 11.8. The topological polar surface area (TPSA) is 75.6 Å². The second-order valence-corrected chi connectivity index (χ2v) is 4.68. The van der Waals surface area contributed by atoms with Gasteiger partial charge in [0.25, 0.3) is 0 Å². The number of aliphatic carboxylic acids is 1. The maximum absolute atomic E-state index is 11.7. The molecule has 0 aliphatic carbocycles. The smallest absolute Gasteiger partial charge is 0.326 e. The predicted octanol–water partition coefficient (Wildman–Crippen LogP) is 2.07. The Labute approximate surface area is 118 Å². The summed E-state index contributed by atoms with van der Waals surface area (Å²) in [5, 5.41) is 11.6. The van der Waals surface area contributed by atoms with Crippen molar-refractivity contribution in [3.05, 3.63) is 30.3 Å². The molecule has 0 bridgehead atoms. The Morgan fingerprint density at radius 3 is 2.50 bits per heavy atom. The summed E-state index contributed by atoms with van der Waals surface area (Å²) in [4.78, 5) is 22.8. The SMILES string of the molecule is CCC(C)C(NC(=O)CCOc1ccccc1)C(=O)O. The molecular weight excluding hydrogens is 258 g/mol. The first-order valence-corrected chi connectivity index (χ1v) is 6.74. The maximum atomic E-state index is 11.7. The summed E-state index contributed by atoms with van der Waals surface area (Å²) >= 11 is 0. The normalized spacial score (nSPS) is 13.3. The van der Waals surface area contributed by atoms with E-state index < -0.39 is 12.0 Å². The molecule has 0 aliphatic heterocycles. The minimum Gasteiger partial charge on any atom is -0.493 e. The quantitative estimate of drug-likeness (QED) is 0.764. The van der Waals surface area contributed by atoms with Crippen molar-refractivity contribution >= 4 is 11.9 Å². The predicted molar refractivity (Wildman–Crippen MR) is 75.6 cm³/mol. The van der Waals surface area contributed by atoms with Crippen LogP contribution in [-0.2, 0) is 9.59 Å². The van der Waals surface area contributed by atoms with Gasteiger partial charge in [-0.1, -0.05) is 38.5 Å². The molecule has 2 N–H and O–H groups in total. The van der Waals surface area contributed by atoms with Crippen LogP contribution in [0.3, 0.4) is 0 Å². The van der Waals surface area contributed by atoms with Gasteiger partial charge in [0, 0.05) is 0 Å². The third kappa shape index (κ3) is 5.30. The van der Waals surface area contributed by atoms with E-state index in [2.05, 4.69) is 5.32 Å². The number of nitrogens with one attached hydrogen (secondary N) is 1. The minimum absolute atomic E-state index is 0.105. The van der Waals surface area contributed by atoms with Gasteiger partial charge in [0.1, 0.15) is 11.8 Å². The Hall–Kier alpha value is -2.04. The van der Waals surface area contributed by atoms with Crippen LogP contribution in [0.15, 0.2) is 30.3 Å². The van der Waals surface area contributed by atoms with Gasteiger partial charge in [-0.15, -0.1) is 0 Å². The van der Waals surface area contributed by atoms with Crippen LogP contribution < -0.4 is 10.1 Å². The summed E-state index contributed by atoms with van der Waals surface area (Å²) in [5.41, 5.74) is 0. The molecule has 0 spiro atoms. The first-order valence-electron chi connectivity index (χ1n) is 6.74. The minimum atomic E-state index is -1.00. The van der Waals surface area contributed by atoms with E-state index in [1.54, 1.807) is 19.1 Å². The Balaban J connectivity index is 2.37. The average molecular weight is 279 g/mol. The molecule has 110 valence electrons. The van der Waals surface area contributed by atoms with E-state index in [4.69, 9.17) is 9.84 Å². The second kappa shape index (κ2) is 8.19. The van der Waals surface area contributed by atoms with Crippen LogP contribution in [-0.4, -0.2) is 29.6 Å². The van der Waals surface area contributed by atoms with Crippen molar-refractivity contribution in [3.63, 3.8) is 0 Å². The number of carboxylic acids is 1. The number of hydrogen-bond donors (Lipinski definition) is 2. The molecule has 0 fully saturated rings. The van der Waals surface area contributed by atoms with Crippen molar-refractivity contribution in [1.82, 2.24) is 5.32 Å². The van der Waals surface area contributed by atoms with Gasteiger partial charge in [-0.2, -0.15) is 0 Å². The fraction of sp³-hybridized carbons (Fsp3) is 0.467. The largest absolute Gasteiger partial charge is 0.493 e. The fourth-order valence-electron chi connectivity index (χ4n) is 1.71. The van der Waals surface area contributed by atoms with Gasteiger partial charge < -0.3 is 15.2 Å². The highest BCUT2D eigenvalue weighted by molar-refractivity contribution is 5.83. The summed E-state index contributed by atoms with van der Waals surface area (Å²) in [5.74, 6) is -0.728. The lowest BCUT2D eigenvalue weighted by atomic mass is 9.99. The van der Waals surface area contributed by atoms with Crippen LogP contribution in [0.4, 0.5) is 0 Å². The monoisotopic (exact) mass is 279 g/mol. The van der Waals surface area contributed by atoms with E-state index in [0.717, 1.165) is 0 Å². The highest BCUT2D eigenvalue weighted by Crippen LogP contribution is 2.10. The first kappa shape index (κ1) is 16.0. The lowest BCUT2D eigenvalue weighted by molar-refractivity contribution is -0.143. The molecule has 0 aromatic heterocycles. The third-order valence-electron chi connectivity index (χ3n) is 3.14. The maximum Gasteiger partial charge on any atom is 0.326 e. The molecule has 2 atom stereocenters. The van der Waals surface area contributed by atoms with Crippen LogP contribution >= 0.6 is 0 Å². The van der Waals surface area contributed by atoms with Gasteiger partial charge in [-0.25, -0.2) is 4.79 Å². The molecule has 1 aromatic carbocycles. The summed E-state index contributed by atoms with van der Waals surface area (Å²) in [7, 11) is 0. The number of hydrogen-bond acceptors (Lipinski definition) is 3.